The number of aliphatic hydroxyl groups is 2. The minimum Gasteiger partial charge on any atom is -0.395 e. The molecule has 2 rings (SSSR count). The number of aliphatic hydroxyl groups excluding tert-OH is 2. The summed E-state index contributed by atoms with van der Waals surface area (Å²) < 4.78 is 0. The van der Waals surface area contributed by atoms with E-state index >= 15 is 0 Å². The molecule has 20 heavy (non-hydrogen) atoms. The van der Waals surface area contributed by atoms with Crippen molar-refractivity contribution in [2.45, 2.75) is 13.0 Å². The number of hydrogen-bond donors (Lipinski definition) is 2. The van der Waals surface area contributed by atoms with Gasteiger partial charge in [0.2, 0.25) is 0 Å². The number of rotatable bonds is 4. The van der Waals surface area contributed by atoms with Crippen molar-refractivity contribution in [3.8, 4) is 0 Å². The fraction of sp³-hybridized carbons (Fsp3) is 0.533. The first-order valence-corrected chi connectivity index (χ1v) is 7.07. The Morgan fingerprint density at radius 1 is 1.05 bits per heavy atom. The van der Waals surface area contributed by atoms with Crippen LogP contribution in [-0.2, 0) is 6.61 Å². The molecule has 1 heterocycles. The average molecular weight is 278 g/mol. The Bertz CT molecular complexity index is 433. The molecule has 1 aromatic carbocycles. The molecule has 0 atom stereocenters. The van der Waals surface area contributed by atoms with E-state index in [0.29, 0.717) is 18.7 Å². The average Bonchev–Trinajstić information content (AvgIpc) is 2.73. The zero-order chi connectivity index (χ0) is 14.4. The molecule has 2 N–H and O–H groups in total. The summed E-state index contributed by atoms with van der Waals surface area (Å²) in [7, 11) is 0. The Kier molecular flexibility index (Phi) is 5.52. The van der Waals surface area contributed by atoms with E-state index in [0.717, 1.165) is 31.6 Å². The summed E-state index contributed by atoms with van der Waals surface area (Å²) in [5.74, 6) is 0.0420. The predicted molar refractivity (Wildman–Crippen MR) is 76.4 cm³/mol. The molecule has 0 unspecified atom stereocenters. The van der Waals surface area contributed by atoms with Gasteiger partial charge in [-0.25, -0.2) is 0 Å². The second kappa shape index (κ2) is 7.38. The molecule has 1 amide bonds. The number of nitrogens with zero attached hydrogens (tertiary/aromatic N) is 2. The molecule has 1 aliphatic heterocycles. The van der Waals surface area contributed by atoms with Gasteiger partial charge in [0.05, 0.1) is 13.2 Å². The highest BCUT2D eigenvalue weighted by molar-refractivity contribution is 5.94. The third-order valence-corrected chi connectivity index (χ3v) is 3.68. The minimum atomic E-state index is -0.00565. The Balaban J connectivity index is 1.97. The van der Waals surface area contributed by atoms with Crippen molar-refractivity contribution < 1.29 is 15.0 Å². The summed E-state index contributed by atoms with van der Waals surface area (Å²) in [6, 6.07) is 7.10. The van der Waals surface area contributed by atoms with Crippen molar-refractivity contribution >= 4 is 5.91 Å². The highest BCUT2D eigenvalue weighted by Gasteiger charge is 2.19. The Morgan fingerprint density at radius 3 is 2.45 bits per heavy atom. The van der Waals surface area contributed by atoms with E-state index in [1.54, 1.807) is 24.3 Å². The van der Waals surface area contributed by atoms with Crippen molar-refractivity contribution in [1.29, 1.82) is 0 Å². The smallest absolute Gasteiger partial charge is 0.253 e. The molecule has 1 aliphatic rings. The van der Waals surface area contributed by atoms with Crippen LogP contribution in [0.1, 0.15) is 22.3 Å². The van der Waals surface area contributed by atoms with Gasteiger partial charge in [0.25, 0.3) is 5.91 Å². The summed E-state index contributed by atoms with van der Waals surface area (Å²) in [6.07, 6.45) is 0.931. The topological polar surface area (TPSA) is 64.0 Å². The SMILES string of the molecule is O=C(c1ccc(CO)cc1)N1CCCN(CCO)CC1. The van der Waals surface area contributed by atoms with E-state index in [1.807, 2.05) is 4.90 Å². The van der Waals surface area contributed by atoms with E-state index in [-0.39, 0.29) is 19.1 Å². The molecule has 0 saturated carbocycles. The Morgan fingerprint density at radius 2 is 1.80 bits per heavy atom. The first-order chi connectivity index (χ1) is 9.74. The largest absolute Gasteiger partial charge is 0.395 e. The monoisotopic (exact) mass is 278 g/mol. The third kappa shape index (κ3) is 3.79. The van der Waals surface area contributed by atoms with E-state index in [9.17, 15) is 4.79 Å². The van der Waals surface area contributed by atoms with Gasteiger partial charge in [0, 0.05) is 31.7 Å². The fourth-order valence-corrected chi connectivity index (χ4v) is 2.47. The fourth-order valence-electron chi connectivity index (χ4n) is 2.47. The lowest BCUT2D eigenvalue weighted by Crippen LogP contribution is -2.35. The summed E-state index contributed by atoms with van der Waals surface area (Å²) in [5, 5.41) is 18.0. The zero-order valence-electron chi connectivity index (χ0n) is 11.7. The van der Waals surface area contributed by atoms with Crippen LogP contribution >= 0.6 is 0 Å². The van der Waals surface area contributed by atoms with Crippen molar-refractivity contribution in [2.24, 2.45) is 0 Å². The number of carbonyl (C=O) groups excluding carboxylic acids is 1. The van der Waals surface area contributed by atoms with Gasteiger partial charge in [-0.2, -0.15) is 0 Å². The molecule has 0 aromatic heterocycles. The minimum absolute atomic E-state index is 0.00565. The normalized spacial score (nSPS) is 17.0. The maximum absolute atomic E-state index is 12.4. The first kappa shape index (κ1) is 15.0. The molecule has 1 saturated heterocycles. The number of β-amino-alcohol motifs (C(OH)–C–C–N with tert-alkyl or cyclic N) is 1. The molecule has 0 bridgehead atoms. The van der Waals surface area contributed by atoms with Crippen LogP contribution < -0.4 is 0 Å². The quantitative estimate of drug-likeness (QED) is 0.832. The molecule has 0 spiro atoms. The van der Waals surface area contributed by atoms with E-state index in [4.69, 9.17) is 10.2 Å². The van der Waals surface area contributed by atoms with E-state index in [2.05, 4.69) is 4.90 Å². The second-order valence-electron chi connectivity index (χ2n) is 5.07. The van der Waals surface area contributed by atoms with Crippen LogP contribution in [0.3, 0.4) is 0 Å². The van der Waals surface area contributed by atoms with Gasteiger partial charge in [0.1, 0.15) is 0 Å². The Hall–Kier alpha value is -1.43. The second-order valence-corrected chi connectivity index (χ2v) is 5.07. The lowest BCUT2D eigenvalue weighted by molar-refractivity contribution is 0.0760. The molecule has 1 fully saturated rings. The highest BCUT2D eigenvalue weighted by atomic mass is 16.3. The van der Waals surface area contributed by atoms with Crippen LogP contribution in [0.5, 0.6) is 0 Å². The highest BCUT2D eigenvalue weighted by Crippen LogP contribution is 2.10. The van der Waals surface area contributed by atoms with Crippen LogP contribution in [0.4, 0.5) is 0 Å². The lowest BCUT2D eigenvalue weighted by Gasteiger charge is -2.21. The summed E-state index contributed by atoms with van der Waals surface area (Å²) in [6.45, 7) is 4.01. The summed E-state index contributed by atoms with van der Waals surface area (Å²) in [5.41, 5.74) is 1.48. The number of hydrogen-bond acceptors (Lipinski definition) is 4. The van der Waals surface area contributed by atoms with Crippen molar-refractivity contribution in [3.63, 3.8) is 0 Å². The molecular formula is C15H22N2O3. The number of carbonyl (C=O) groups is 1. The van der Waals surface area contributed by atoms with E-state index < -0.39 is 0 Å². The number of benzene rings is 1. The number of amides is 1. The van der Waals surface area contributed by atoms with Gasteiger partial charge in [-0.1, -0.05) is 12.1 Å². The standard InChI is InChI=1S/C15H22N2O3/c18-11-10-16-6-1-7-17(9-8-16)15(20)14-4-2-13(12-19)3-5-14/h2-5,18-19H,1,6-12H2. The Labute approximate surface area is 119 Å². The lowest BCUT2D eigenvalue weighted by atomic mass is 10.1. The van der Waals surface area contributed by atoms with Gasteiger partial charge in [-0.15, -0.1) is 0 Å². The van der Waals surface area contributed by atoms with Gasteiger partial charge in [-0.05, 0) is 30.7 Å². The predicted octanol–water partition coefficient (Wildman–Crippen LogP) is 0.319. The molecule has 110 valence electrons. The van der Waals surface area contributed by atoms with Crippen LogP contribution in [0.15, 0.2) is 24.3 Å². The maximum Gasteiger partial charge on any atom is 0.253 e. The zero-order valence-corrected chi connectivity index (χ0v) is 11.7. The van der Waals surface area contributed by atoms with Crippen LogP contribution in [0.2, 0.25) is 0 Å². The third-order valence-electron chi connectivity index (χ3n) is 3.68. The maximum atomic E-state index is 12.4. The van der Waals surface area contributed by atoms with Crippen molar-refractivity contribution in [3.05, 3.63) is 35.4 Å². The summed E-state index contributed by atoms with van der Waals surface area (Å²) >= 11 is 0. The summed E-state index contributed by atoms with van der Waals surface area (Å²) in [4.78, 5) is 16.5. The van der Waals surface area contributed by atoms with Crippen molar-refractivity contribution in [1.82, 2.24) is 9.80 Å². The molecular weight excluding hydrogens is 256 g/mol. The van der Waals surface area contributed by atoms with Crippen molar-refractivity contribution in [2.75, 3.05) is 39.3 Å². The first-order valence-electron chi connectivity index (χ1n) is 7.07. The van der Waals surface area contributed by atoms with Gasteiger partial charge in [-0.3, -0.25) is 9.69 Å². The van der Waals surface area contributed by atoms with Crippen LogP contribution in [-0.4, -0.2) is 65.3 Å². The molecule has 5 heteroatoms. The molecule has 1 aromatic rings. The van der Waals surface area contributed by atoms with Gasteiger partial charge < -0.3 is 15.1 Å². The van der Waals surface area contributed by atoms with Gasteiger partial charge in [0.15, 0.2) is 0 Å². The van der Waals surface area contributed by atoms with Crippen LogP contribution in [0, 0.1) is 0 Å². The molecule has 5 nitrogen and oxygen atoms in total. The molecule has 0 radical (unpaired) electrons. The van der Waals surface area contributed by atoms with Gasteiger partial charge >= 0.3 is 0 Å². The van der Waals surface area contributed by atoms with Crippen LogP contribution in [0.25, 0.3) is 0 Å². The van der Waals surface area contributed by atoms with E-state index in [1.165, 1.54) is 0 Å². The molecule has 0 aliphatic carbocycles.